The number of carbonyl (C=O) groups excluding carboxylic acids is 1. The van der Waals surface area contributed by atoms with Crippen LogP contribution in [0.5, 0.6) is 0 Å². The predicted octanol–water partition coefficient (Wildman–Crippen LogP) is 4.78. The van der Waals surface area contributed by atoms with Crippen molar-refractivity contribution in [2.45, 2.75) is 30.7 Å². The van der Waals surface area contributed by atoms with Crippen LogP contribution in [0.3, 0.4) is 0 Å². The minimum Gasteiger partial charge on any atom is -0.339 e. The number of thioether (sulfide) groups is 1. The van der Waals surface area contributed by atoms with Gasteiger partial charge in [0.05, 0.1) is 10.9 Å². The Labute approximate surface area is 195 Å². The normalized spacial score (nSPS) is 14.9. The van der Waals surface area contributed by atoms with E-state index in [2.05, 4.69) is 15.9 Å². The van der Waals surface area contributed by atoms with Gasteiger partial charge in [0.15, 0.2) is 5.16 Å². The highest BCUT2D eigenvalue weighted by atomic mass is 79.9. The Morgan fingerprint density at radius 1 is 1.16 bits per heavy atom. The van der Waals surface area contributed by atoms with Gasteiger partial charge in [0.25, 0.3) is 11.5 Å². The zero-order chi connectivity index (χ0) is 22.0. The van der Waals surface area contributed by atoms with Crippen molar-refractivity contribution in [2.24, 2.45) is 13.0 Å². The first kappa shape index (κ1) is 22.1. The Morgan fingerprint density at radius 2 is 1.87 bits per heavy atom. The van der Waals surface area contributed by atoms with E-state index in [-0.39, 0.29) is 11.5 Å². The van der Waals surface area contributed by atoms with Crippen LogP contribution in [0, 0.1) is 12.8 Å². The number of hydrogen-bond acceptors (Lipinski definition) is 4. The molecule has 1 fully saturated rings. The summed E-state index contributed by atoms with van der Waals surface area (Å²) >= 11 is 5.08. The van der Waals surface area contributed by atoms with Crippen molar-refractivity contribution in [3.63, 3.8) is 0 Å². The van der Waals surface area contributed by atoms with E-state index in [4.69, 9.17) is 4.98 Å². The van der Waals surface area contributed by atoms with E-state index in [1.54, 1.807) is 11.6 Å². The van der Waals surface area contributed by atoms with Crippen molar-refractivity contribution in [2.75, 3.05) is 18.4 Å². The molecule has 1 aromatic heterocycles. The lowest BCUT2D eigenvalue weighted by atomic mass is 9.98. The zero-order valence-corrected chi connectivity index (χ0v) is 20.2. The van der Waals surface area contributed by atoms with Crippen LogP contribution in [0.15, 0.2) is 52.4 Å². The fraction of sp³-hybridized carbons (Fsp3) is 0.375. The number of nitrogens with zero attached hydrogens (tertiary/aromatic N) is 3. The summed E-state index contributed by atoms with van der Waals surface area (Å²) in [5.74, 6) is 1.47. The SMILES string of the molecule is Cc1cccc2nc(SCc3ccc(C(=O)N4CCC(CBr)CC4)cc3)n(C)c(=O)c12. The predicted molar refractivity (Wildman–Crippen MR) is 130 cm³/mol. The summed E-state index contributed by atoms with van der Waals surface area (Å²) in [6.45, 7) is 3.59. The lowest BCUT2D eigenvalue weighted by Gasteiger charge is -2.31. The molecule has 0 bridgehead atoms. The Hall–Kier alpha value is -2.12. The van der Waals surface area contributed by atoms with Gasteiger partial charge in [-0.15, -0.1) is 0 Å². The summed E-state index contributed by atoms with van der Waals surface area (Å²) in [4.78, 5) is 32.2. The van der Waals surface area contributed by atoms with Gasteiger partial charge in [-0.05, 0) is 55.0 Å². The van der Waals surface area contributed by atoms with Crippen LogP contribution in [-0.4, -0.2) is 38.8 Å². The third kappa shape index (κ3) is 4.72. The molecule has 2 heterocycles. The molecule has 0 atom stereocenters. The van der Waals surface area contributed by atoms with Gasteiger partial charge in [0.1, 0.15) is 0 Å². The Bertz CT molecular complexity index is 1150. The number of benzene rings is 2. The summed E-state index contributed by atoms with van der Waals surface area (Å²) < 4.78 is 1.62. The monoisotopic (exact) mass is 499 g/mol. The van der Waals surface area contributed by atoms with Crippen molar-refractivity contribution >= 4 is 44.5 Å². The highest BCUT2D eigenvalue weighted by molar-refractivity contribution is 9.09. The smallest absolute Gasteiger partial charge is 0.262 e. The van der Waals surface area contributed by atoms with Gasteiger partial charge in [-0.3, -0.25) is 14.2 Å². The second-order valence-corrected chi connectivity index (χ2v) is 9.69. The number of halogens is 1. The van der Waals surface area contributed by atoms with Gasteiger partial charge in [0.2, 0.25) is 0 Å². The van der Waals surface area contributed by atoms with Crippen LogP contribution in [0.1, 0.15) is 34.3 Å². The van der Waals surface area contributed by atoms with Gasteiger partial charge in [-0.25, -0.2) is 4.98 Å². The van der Waals surface area contributed by atoms with Gasteiger partial charge < -0.3 is 4.90 Å². The lowest BCUT2D eigenvalue weighted by Crippen LogP contribution is -2.38. The molecule has 0 unspecified atom stereocenters. The van der Waals surface area contributed by atoms with Gasteiger partial charge in [-0.1, -0.05) is 52.0 Å². The molecule has 1 aliphatic rings. The maximum absolute atomic E-state index is 12.8. The maximum Gasteiger partial charge on any atom is 0.262 e. The molecule has 0 N–H and O–H groups in total. The van der Waals surface area contributed by atoms with E-state index in [0.717, 1.165) is 53.5 Å². The molecule has 1 amide bonds. The van der Waals surface area contributed by atoms with Crippen molar-refractivity contribution in [1.82, 2.24) is 14.5 Å². The van der Waals surface area contributed by atoms with Crippen LogP contribution >= 0.6 is 27.7 Å². The second-order valence-electron chi connectivity index (χ2n) is 8.10. The molecule has 0 aliphatic carbocycles. The van der Waals surface area contributed by atoms with Crippen molar-refractivity contribution in [3.8, 4) is 0 Å². The highest BCUT2D eigenvalue weighted by Gasteiger charge is 2.23. The minimum absolute atomic E-state index is 0.0183. The number of alkyl halides is 1. The van der Waals surface area contributed by atoms with Crippen molar-refractivity contribution < 1.29 is 4.79 Å². The molecular formula is C24H26BrN3O2S. The molecule has 0 saturated carbocycles. The quantitative estimate of drug-likeness (QED) is 0.288. The van der Waals surface area contributed by atoms with Crippen LogP contribution < -0.4 is 5.56 Å². The van der Waals surface area contributed by atoms with E-state index in [0.29, 0.717) is 22.2 Å². The lowest BCUT2D eigenvalue weighted by molar-refractivity contribution is 0.0699. The summed E-state index contributed by atoms with van der Waals surface area (Å²) in [6, 6.07) is 13.6. The summed E-state index contributed by atoms with van der Waals surface area (Å²) in [5, 5.41) is 2.38. The number of rotatable bonds is 5. The summed E-state index contributed by atoms with van der Waals surface area (Å²) in [5.41, 5.74) is 3.49. The topological polar surface area (TPSA) is 55.2 Å². The number of piperidine rings is 1. The van der Waals surface area contributed by atoms with Crippen LogP contribution in [0.25, 0.3) is 10.9 Å². The summed E-state index contributed by atoms with van der Waals surface area (Å²) in [6.07, 6.45) is 2.12. The second kappa shape index (κ2) is 9.57. The Morgan fingerprint density at radius 3 is 2.55 bits per heavy atom. The molecule has 7 heteroatoms. The highest BCUT2D eigenvalue weighted by Crippen LogP contribution is 2.24. The van der Waals surface area contributed by atoms with Crippen molar-refractivity contribution in [3.05, 3.63) is 69.5 Å². The van der Waals surface area contributed by atoms with E-state index >= 15 is 0 Å². The van der Waals surface area contributed by atoms with E-state index in [1.807, 2.05) is 54.3 Å². The molecule has 1 aliphatic heterocycles. The fourth-order valence-electron chi connectivity index (χ4n) is 3.95. The fourth-order valence-corrected chi connectivity index (χ4v) is 5.52. The molecule has 0 spiro atoms. The first-order chi connectivity index (χ1) is 15.0. The third-order valence-electron chi connectivity index (χ3n) is 5.96. The molecule has 3 aromatic rings. The largest absolute Gasteiger partial charge is 0.339 e. The third-order valence-corrected chi connectivity index (χ3v) is 7.98. The first-order valence-corrected chi connectivity index (χ1v) is 12.6. The average Bonchev–Trinajstić information content (AvgIpc) is 2.80. The molecule has 4 rings (SSSR count). The standard InChI is InChI=1S/C24H26BrN3O2S/c1-16-4-3-5-20-21(16)23(30)27(2)24(26-20)31-15-18-6-8-19(9-7-18)22(29)28-12-10-17(14-25)11-13-28/h3-9,17H,10-15H2,1-2H3. The Kier molecular flexibility index (Phi) is 6.82. The van der Waals surface area contributed by atoms with Crippen LogP contribution in [0.2, 0.25) is 0 Å². The van der Waals surface area contributed by atoms with Gasteiger partial charge >= 0.3 is 0 Å². The van der Waals surface area contributed by atoms with Crippen molar-refractivity contribution in [1.29, 1.82) is 0 Å². The van der Waals surface area contributed by atoms with E-state index < -0.39 is 0 Å². The first-order valence-electron chi connectivity index (χ1n) is 10.5. The molecular weight excluding hydrogens is 474 g/mol. The number of aromatic nitrogens is 2. The number of carbonyl (C=O) groups is 1. The van der Waals surface area contributed by atoms with Gasteiger partial charge in [0, 0.05) is 36.8 Å². The number of hydrogen-bond donors (Lipinski definition) is 0. The molecule has 2 aromatic carbocycles. The van der Waals surface area contributed by atoms with E-state index in [1.165, 1.54) is 11.8 Å². The molecule has 0 radical (unpaired) electrons. The number of fused-ring (bicyclic) bond motifs is 1. The Balaban J connectivity index is 1.44. The number of likely N-dealkylation sites (tertiary alicyclic amines) is 1. The molecule has 31 heavy (non-hydrogen) atoms. The minimum atomic E-state index is -0.0183. The van der Waals surface area contributed by atoms with Crippen LogP contribution in [-0.2, 0) is 12.8 Å². The number of amides is 1. The molecule has 1 saturated heterocycles. The zero-order valence-electron chi connectivity index (χ0n) is 17.8. The summed E-state index contributed by atoms with van der Waals surface area (Å²) in [7, 11) is 1.77. The molecule has 162 valence electrons. The number of aryl methyl sites for hydroxylation is 1. The maximum atomic E-state index is 12.8. The van der Waals surface area contributed by atoms with Crippen LogP contribution in [0.4, 0.5) is 0 Å². The molecule has 5 nitrogen and oxygen atoms in total. The van der Waals surface area contributed by atoms with Gasteiger partial charge in [-0.2, -0.15) is 0 Å². The average molecular weight is 500 g/mol. The van der Waals surface area contributed by atoms with E-state index in [9.17, 15) is 9.59 Å².